The van der Waals surface area contributed by atoms with Crippen LogP contribution >= 0.6 is 0 Å². The van der Waals surface area contributed by atoms with E-state index in [1.807, 2.05) is 12.1 Å². The van der Waals surface area contributed by atoms with Crippen molar-refractivity contribution in [1.82, 2.24) is 10.2 Å². The molecule has 2 fully saturated rings. The maximum absolute atomic E-state index is 13.1. The number of hydrogen-bond donors (Lipinski definition) is 1. The van der Waals surface area contributed by atoms with Crippen LogP contribution in [0.5, 0.6) is 0 Å². The predicted octanol–water partition coefficient (Wildman–Crippen LogP) is 2.92. The highest BCUT2D eigenvalue weighted by molar-refractivity contribution is 5.80. The average molecular weight is 289 g/mol. The molecule has 1 aromatic carbocycles. The molecule has 1 aromatic rings. The Bertz CT molecular complexity index is 499. The van der Waals surface area contributed by atoms with Gasteiger partial charge in [0.25, 0.3) is 0 Å². The van der Waals surface area contributed by atoms with Crippen LogP contribution in [0.3, 0.4) is 0 Å². The Morgan fingerprint density at radius 2 is 1.90 bits per heavy atom. The summed E-state index contributed by atoms with van der Waals surface area (Å²) in [5.41, 5.74) is 1.37. The van der Waals surface area contributed by atoms with Crippen molar-refractivity contribution in [2.45, 2.75) is 38.0 Å². The van der Waals surface area contributed by atoms with Gasteiger partial charge in [-0.1, -0.05) is 12.1 Å². The van der Waals surface area contributed by atoms with Crippen molar-refractivity contribution in [1.29, 1.82) is 0 Å². The van der Waals surface area contributed by atoms with E-state index in [1.54, 1.807) is 12.1 Å². The highest BCUT2D eigenvalue weighted by Gasteiger charge is 2.44. The van der Waals surface area contributed by atoms with Gasteiger partial charge in [-0.2, -0.15) is 0 Å². The van der Waals surface area contributed by atoms with Gasteiger partial charge < -0.3 is 10.2 Å². The first-order valence-corrected chi connectivity index (χ1v) is 8.03. The van der Waals surface area contributed by atoms with E-state index in [4.69, 9.17) is 4.99 Å². The minimum atomic E-state index is -0.163. The van der Waals surface area contributed by atoms with Gasteiger partial charge in [-0.25, -0.2) is 4.39 Å². The topological polar surface area (TPSA) is 27.6 Å². The zero-order chi connectivity index (χ0) is 14.7. The lowest BCUT2D eigenvalue weighted by molar-refractivity contribution is 0.491. The number of guanidine groups is 1. The quantitative estimate of drug-likeness (QED) is 0.682. The Balaban J connectivity index is 1.71. The van der Waals surface area contributed by atoms with Gasteiger partial charge in [0, 0.05) is 25.0 Å². The highest BCUT2D eigenvalue weighted by atomic mass is 19.1. The second-order valence-electron chi connectivity index (χ2n) is 6.15. The second-order valence-corrected chi connectivity index (χ2v) is 6.15. The number of halogens is 1. The molecule has 1 aliphatic carbocycles. The molecule has 1 saturated heterocycles. The standard InChI is InChI=1S/C17H24FN3/c1-2-19-16(21-11-3-4-12-21)20-13-17(9-10-17)14-5-7-15(18)8-6-14/h5-8H,2-4,9-13H2,1H3,(H,19,20). The minimum Gasteiger partial charge on any atom is -0.357 e. The number of likely N-dealkylation sites (tertiary alicyclic amines) is 1. The molecule has 114 valence electrons. The zero-order valence-electron chi connectivity index (χ0n) is 12.7. The summed E-state index contributed by atoms with van der Waals surface area (Å²) in [4.78, 5) is 7.22. The molecule has 21 heavy (non-hydrogen) atoms. The van der Waals surface area contributed by atoms with Gasteiger partial charge >= 0.3 is 0 Å². The molecule has 1 aliphatic heterocycles. The van der Waals surface area contributed by atoms with E-state index in [0.29, 0.717) is 0 Å². The van der Waals surface area contributed by atoms with Gasteiger partial charge in [0.2, 0.25) is 0 Å². The molecule has 0 amide bonds. The van der Waals surface area contributed by atoms with Gasteiger partial charge in [0.1, 0.15) is 5.82 Å². The van der Waals surface area contributed by atoms with E-state index in [-0.39, 0.29) is 11.2 Å². The third-order valence-electron chi connectivity index (χ3n) is 4.58. The fourth-order valence-corrected chi connectivity index (χ4v) is 3.07. The lowest BCUT2D eigenvalue weighted by Crippen LogP contribution is -2.40. The Morgan fingerprint density at radius 1 is 1.24 bits per heavy atom. The van der Waals surface area contributed by atoms with Crippen LogP contribution in [0, 0.1) is 5.82 Å². The van der Waals surface area contributed by atoms with Crippen molar-refractivity contribution in [3.63, 3.8) is 0 Å². The van der Waals surface area contributed by atoms with Crippen LogP contribution in [-0.2, 0) is 5.41 Å². The van der Waals surface area contributed by atoms with Crippen LogP contribution in [0.4, 0.5) is 4.39 Å². The third kappa shape index (κ3) is 3.20. The monoisotopic (exact) mass is 289 g/mol. The predicted molar refractivity (Wildman–Crippen MR) is 84.1 cm³/mol. The van der Waals surface area contributed by atoms with Gasteiger partial charge in [-0.05, 0) is 50.3 Å². The molecule has 0 spiro atoms. The Labute approximate surface area is 126 Å². The third-order valence-corrected chi connectivity index (χ3v) is 4.58. The average Bonchev–Trinajstić information content (AvgIpc) is 3.08. The van der Waals surface area contributed by atoms with Crippen LogP contribution in [0.15, 0.2) is 29.3 Å². The zero-order valence-corrected chi connectivity index (χ0v) is 12.7. The van der Waals surface area contributed by atoms with Crippen LogP contribution in [0.2, 0.25) is 0 Å². The smallest absolute Gasteiger partial charge is 0.193 e. The number of aliphatic imine (C=N–C) groups is 1. The summed E-state index contributed by atoms with van der Waals surface area (Å²) in [5, 5.41) is 3.40. The van der Waals surface area contributed by atoms with Crippen molar-refractivity contribution in [2.24, 2.45) is 4.99 Å². The normalized spacial score (nSPS) is 20.7. The number of nitrogens with zero attached hydrogens (tertiary/aromatic N) is 2. The van der Waals surface area contributed by atoms with Crippen LogP contribution < -0.4 is 5.32 Å². The molecule has 3 nitrogen and oxygen atoms in total. The molecule has 0 atom stereocenters. The fourth-order valence-electron chi connectivity index (χ4n) is 3.07. The molecular formula is C17H24FN3. The van der Waals surface area contributed by atoms with Gasteiger partial charge in [-0.15, -0.1) is 0 Å². The Hall–Kier alpha value is -1.58. The molecule has 0 unspecified atom stereocenters. The van der Waals surface area contributed by atoms with Gasteiger partial charge in [0.15, 0.2) is 5.96 Å². The number of rotatable bonds is 4. The summed E-state index contributed by atoms with van der Waals surface area (Å²) in [5.74, 6) is 0.881. The summed E-state index contributed by atoms with van der Waals surface area (Å²) in [6, 6.07) is 6.96. The highest BCUT2D eigenvalue weighted by Crippen LogP contribution is 2.48. The SMILES string of the molecule is CCNC(=NCC1(c2ccc(F)cc2)CC1)N1CCCC1. The van der Waals surface area contributed by atoms with E-state index in [2.05, 4.69) is 17.1 Å². The largest absolute Gasteiger partial charge is 0.357 e. The minimum absolute atomic E-state index is 0.147. The first-order chi connectivity index (χ1) is 10.2. The summed E-state index contributed by atoms with van der Waals surface area (Å²) < 4.78 is 13.1. The van der Waals surface area contributed by atoms with E-state index < -0.39 is 0 Å². The molecule has 2 aliphatic rings. The molecule has 1 N–H and O–H groups in total. The maximum Gasteiger partial charge on any atom is 0.193 e. The fraction of sp³-hybridized carbons (Fsp3) is 0.588. The lowest BCUT2D eigenvalue weighted by atomic mass is 9.96. The Kier molecular flexibility index (Phi) is 4.13. The molecule has 0 bridgehead atoms. The number of benzene rings is 1. The molecule has 0 aromatic heterocycles. The van der Waals surface area contributed by atoms with Crippen molar-refractivity contribution in [3.05, 3.63) is 35.6 Å². The van der Waals surface area contributed by atoms with Crippen molar-refractivity contribution >= 4 is 5.96 Å². The van der Waals surface area contributed by atoms with E-state index in [9.17, 15) is 4.39 Å². The first kappa shape index (κ1) is 14.4. The molecular weight excluding hydrogens is 265 g/mol. The van der Waals surface area contributed by atoms with Crippen molar-refractivity contribution in [3.8, 4) is 0 Å². The molecule has 1 saturated carbocycles. The van der Waals surface area contributed by atoms with Crippen LogP contribution in [0.1, 0.15) is 38.2 Å². The second kappa shape index (κ2) is 6.04. The van der Waals surface area contributed by atoms with Crippen LogP contribution in [0.25, 0.3) is 0 Å². The number of nitrogens with one attached hydrogen (secondary N) is 1. The molecule has 3 rings (SSSR count). The molecule has 1 heterocycles. The van der Waals surface area contributed by atoms with Crippen molar-refractivity contribution in [2.75, 3.05) is 26.2 Å². The first-order valence-electron chi connectivity index (χ1n) is 8.03. The van der Waals surface area contributed by atoms with Crippen molar-refractivity contribution < 1.29 is 4.39 Å². The van der Waals surface area contributed by atoms with E-state index in [1.165, 1.54) is 18.4 Å². The molecule has 4 heteroatoms. The number of hydrogen-bond acceptors (Lipinski definition) is 1. The summed E-state index contributed by atoms with van der Waals surface area (Å²) in [6.45, 7) is 6.03. The summed E-state index contributed by atoms with van der Waals surface area (Å²) in [6.07, 6.45) is 4.82. The van der Waals surface area contributed by atoms with Gasteiger partial charge in [0.05, 0.1) is 6.54 Å². The van der Waals surface area contributed by atoms with Gasteiger partial charge in [-0.3, -0.25) is 4.99 Å². The summed E-state index contributed by atoms with van der Waals surface area (Å²) in [7, 11) is 0. The van der Waals surface area contributed by atoms with E-state index >= 15 is 0 Å². The Morgan fingerprint density at radius 3 is 2.48 bits per heavy atom. The summed E-state index contributed by atoms with van der Waals surface area (Å²) >= 11 is 0. The molecule has 0 radical (unpaired) electrons. The van der Waals surface area contributed by atoms with Crippen LogP contribution in [-0.4, -0.2) is 37.0 Å². The van der Waals surface area contributed by atoms with E-state index in [0.717, 1.165) is 45.0 Å². The lowest BCUT2D eigenvalue weighted by Gasteiger charge is -2.22. The maximum atomic E-state index is 13.1.